The summed E-state index contributed by atoms with van der Waals surface area (Å²) in [5.41, 5.74) is 1.15. The number of carbonyl (C=O) groups excluding carboxylic acids is 3. The van der Waals surface area contributed by atoms with E-state index < -0.39 is 17.9 Å². The predicted molar refractivity (Wildman–Crippen MR) is 109 cm³/mol. The van der Waals surface area contributed by atoms with Crippen molar-refractivity contribution in [2.45, 2.75) is 18.9 Å². The van der Waals surface area contributed by atoms with Crippen LogP contribution in [0.25, 0.3) is 0 Å². The fourth-order valence-electron chi connectivity index (χ4n) is 2.93. The Kier molecular flexibility index (Phi) is 6.66. The van der Waals surface area contributed by atoms with Crippen molar-refractivity contribution in [3.8, 4) is 0 Å². The van der Waals surface area contributed by atoms with E-state index in [-0.39, 0.29) is 12.5 Å². The fourth-order valence-corrected chi connectivity index (χ4v) is 4.07. The molecular weight excluding hydrogens is 402 g/mol. The number of benzene rings is 1. The third-order valence-electron chi connectivity index (χ3n) is 4.34. The normalized spacial score (nSPS) is 14.8. The number of rotatable bonds is 6. The zero-order valence-corrected chi connectivity index (χ0v) is 16.8. The highest BCUT2D eigenvalue weighted by molar-refractivity contribution is 7.16. The predicted octanol–water partition coefficient (Wildman–Crippen LogP) is 2.97. The summed E-state index contributed by atoms with van der Waals surface area (Å²) in [4.78, 5) is 38.7. The number of amides is 3. The molecule has 0 bridgehead atoms. The van der Waals surface area contributed by atoms with E-state index in [0.717, 1.165) is 11.3 Å². The van der Waals surface area contributed by atoms with Gasteiger partial charge in [-0.05, 0) is 36.8 Å². The molecule has 0 radical (unpaired) electrons. The van der Waals surface area contributed by atoms with Gasteiger partial charge in [-0.25, -0.2) is 0 Å². The van der Waals surface area contributed by atoms with Crippen LogP contribution in [0.4, 0.5) is 11.4 Å². The Morgan fingerprint density at radius 2 is 2.11 bits per heavy atom. The van der Waals surface area contributed by atoms with Crippen molar-refractivity contribution in [1.29, 1.82) is 0 Å². The molecule has 2 aromatic rings. The number of anilines is 2. The van der Waals surface area contributed by atoms with Crippen molar-refractivity contribution in [1.82, 2.24) is 5.32 Å². The molecule has 1 aromatic carbocycles. The number of hydrogen-bond donors (Lipinski definition) is 2. The Morgan fingerprint density at radius 1 is 1.29 bits per heavy atom. The maximum Gasteiger partial charge on any atom is 0.313 e. The molecule has 148 valence electrons. The van der Waals surface area contributed by atoms with E-state index >= 15 is 0 Å². The van der Waals surface area contributed by atoms with Crippen molar-refractivity contribution in [2.75, 3.05) is 30.4 Å². The molecule has 28 heavy (non-hydrogen) atoms. The topological polar surface area (TPSA) is 87.7 Å². The maximum absolute atomic E-state index is 12.2. The molecule has 1 fully saturated rings. The molecule has 1 atom stereocenters. The molecule has 2 N–H and O–H groups in total. The Bertz CT molecular complexity index is 886. The van der Waals surface area contributed by atoms with Crippen molar-refractivity contribution in [3.05, 3.63) is 45.6 Å². The first kappa shape index (κ1) is 20.3. The van der Waals surface area contributed by atoms with Gasteiger partial charge >= 0.3 is 11.8 Å². The zero-order valence-electron chi connectivity index (χ0n) is 15.2. The Morgan fingerprint density at radius 3 is 2.75 bits per heavy atom. The molecule has 1 aliphatic heterocycles. The van der Waals surface area contributed by atoms with Gasteiger partial charge in [0.15, 0.2) is 0 Å². The first-order valence-corrected chi connectivity index (χ1v) is 9.95. The lowest BCUT2D eigenvalue weighted by Crippen LogP contribution is -2.37. The summed E-state index contributed by atoms with van der Waals surface area (Å²) in [5.74, 6) is -1.50. The third-order valence-corrected chi connectivity index (χ3v) is 5.66. The van der Waals surface area contributed by atoms with E-state index in [9.17, 15) is 14.4 Å². The van der Waals surface area contributed by atoms with Gasteiger partial charge in [0.1, 0.15) is 6.10 Å². The SMILES string of the molecule is COC(CNC(=O)C(=O)Nc1cccc(N2CCCC2=O)c1)c1ccc(Cl)s1. The first-order valence-electron chi connectivity index (χ1n) is 8.75. The van der Waals surface area contributed by atoms with Crippen LogP contribution in [-0.2, 0) is 19.1 Å². The Balaban J connectivity index is 1.57. The smallest absolute Gasteiger partial charge is 0.313 e. The lowest BCUT2D eigenvalue weighted by molar-refractivity contribution is -0.136. The third kappa shape index (κ3) is 4.89. The summed E-state index contributed by atoms with van der Waals surface area (Å²) in [6.07, 6.45) is 0.946. The maximum atomic E-state index is 12.2. The summed E-state index contributed by atoms with van der Waals surface area (Å²) in [6, 6.07) is 10.4. The van der Waals surface area contributed by atoms with Crippen molar-refractivity contribution < 1.29 is 19.1 Å². The highest BCUT2D eigenvalue weighted by Gasteiger charge is 2.22. The van der Waals surface area contributed by atoms with Gasteiger partial charge in [-0.3, -0.25) is 14.4 Å². The minimum atomic E-state index is -0.788. The molecule has 3 rings (SSSR count). The molecule has 2 heterocycles. The second-order valence-electron chi connectivity index (χ2n) is 6.23. The molecule has 0 spiro atoms. The number of nitrogens with zero attached hydrogens (tertiary/aromatic N) is 1. The lowest BCUT2D eigenvalue weighted by Gasteiger charge is -2.17. The van der Waals surface area contributed by atoms with E-state index in [0.29, 0.717) is 28.7 Å². The lowest BCUT2D eigenvalue weighted by atomic mass is 10.2. The minimum Gasteiger partial charge on any atom is -0.374 e. The molecule has 7 nitrogen and oxygen atoms in total. The average molecular weight is 422 g/mol. The van der Waals surface area contributed by atoms with Crippen molar-refractivity contribution in [2.24, 2.45) is 0 Å². The van der Waals surface area contributed by atoms with Gasteiger partial charge in [0, 0.05) is 42.9 Å². The summed E-state index contributed by atoms with van der Waals surface area (Å²) >= 11 is 7.27. The molecule has 9 heteroatoms. The van der Waals surface area contributed by atoms with Gasteiger partial charge in [0.25, 0.3) is 0 Å². The molecule has 1 unspecified atom stereocenters. The van der Waals surface area contributed by atoms with Gasteiger partial charge in [-0.15, -0.1) is 11.3 Å². The van der Waals surface area contributed by atoms with Crippen LogP contribution in [0.1, 0.15) is 23.8 Å². The van der Waals surface area contributed by atoms with Crippen LogP contribution in [0.15, 0.2) is 36.4 Å². The number of methoxy groups -OCH3 is 1. The number of halogens is 1. The van der Waals surface area contributed by atoms with Crippen LogP contribution in [-0.4, -0.2) is 37.9 Å². The number of thiophene rings is 1. The standard InChI is InChI=1S/C19H20ClN3O4S/c1-27-14(15-7-8-16(20)28-15)11-21-18(25)19(26)22-12-4-2-5-13(10-12)23-9-3-6-17(23)24/h2,4-5,7-8,10,14H,3,6,9,11H2,1H3,(H,21,25)(H,22,26). The summed E-state index contributed by atoms with van der Waals surface area (Å²) < 4.78 is 5.97. The van der Waals surface area contributed by atoms with Crippen LogP contribution in [0.2, 0.25) is 4.34 Å². The fraction of sp³-hybridized carbons (Fsp3) is 0.316. The van der Waals surface area contributed by atoms with Crippen LogP contribution < -0.4 is 15.5 Å². The van der Waals surface area contributed by atoms with Crippen molar-refractivity contribution >= 4 is 52.0 Å². The number of carbonyl (C=O) groups is 3. The summed E-state index contributed by atoms with van der Waals surface area (Å²) in [7, 11) is 1.52. The first-order chi connectivity index (χ1) is 13.5. The average Bonchev–Trinajstić information content (AvgIpc) is 3.30. The van der Waals surface area contributed by atoms with Crippen LogP contribution >= 0.6 is 22.9 Å². The van der Waals surface area contributed by atoms with Crippen molar-refractivity contribution in [3.63, 3.8) is 0 Å². The van der Waals surface area contributed by atoms with E-state index in [2.05, 4.69) is 10.6 Å². The number of nitrogens with one attached hydrogen (secondary N) is 2. The van der Waals surface area contributed by atoms with Gasteiger partial charge in [-0.1, -0.05) is 17.7 Å². The molecule has 1 aliphatic rings. The summed E-state index contributed by atoms with van der Waals surface area (Å²) in [5, 5.41) is 5.12. The Labute approximate surface area is 171 Å². The monoisotopic (exact) mass is 421 g/mol. The largest absolute Gasteiger partial charge is 0.374 e. The second-order valence-corrected chi connectivity index (χ2v) is 7.98. The molecule has 0 aliphatic carbocycles. The van der Waals surface area contributed by atoms with Crippen LogP contribution in [0.5, 0.6) is 0 Å². The number of hydrogen-bond acceptors (Lipinski definition) is 5. The van der Waals surface area contributed by atoms with Gasteiger partial charge in [0.2, 0.25) is 5.91 Å². The quantitative estimate of drug-likeness (QED) is 0.702. The van der Waals surface area contributed by atoms with Crippen LogP contribution in [0, 0.1) is 0 Å². The molecular formula is C19H20ClN3O4S. The van der Waals surface area contributed by atoms with E-state index in [1.54, 1.807) is 35.2 Å². The molecule has 1 aromatic heterocycles. The Hall–Kier alpha value is -2.42. The van der Waals surface area contributed by atoms with Gasteiger partial charge in [0.05, 0.1) is 4.34 Å². The second kappa shape index (κ2) is 9.18. The van der Waals surface area contributed by atoms with E-state index in [1.165, 1.54) is 18.4 Å². The molecule has 1 saturated heterocycles. The highest BCUT2D eigenvalue weighted by Crippen LogP contribution is 2.28. The van der Waals surface area contributed by atoms with E-state index in [4.69, 9.17) is 16.3 Å². The molecule has 0 saturated carbocycles. The highest BCUT2D eigenvalue weighted by atomic mass is 35.5. The minimum absolute atomic E-state index is 0.0560. The van der Waals surface area contributed by atoms with Gasteiger partial charge < -0.3 is 20.3 Å². The summed E-state index contributed by atoms with van der Waals surface area (Å²) in [6.45, 7) is 0.795. The molecule has 3 amide bonds. The van der Waals surface area contributed by atoms with Crippen LogP contribution in [0.3, 0.4) is 0 Å². The van der Waals surface area contributed by atoms with E-state index in [1.807, 2.05) is 6.07 Å². The zero-order chi connectivity index (χ0) is 20.1. The number of ether oxygens (including phenoxy) is 1. The van der Waals surface area contributed by atoms with Gasteiger partial charge in [-0.2, -0.15) is 0 Å².